The van der Waals surface area contributed by atoms with Crippen molar-refractivity contribution >= 4 is 60.7 Å². The van der Waals surface area contributed by atoms with E-state index in [-0.39, 0.29) is 39.4 Å². The molecule has 2 aromatic carbocycles. The number of aromatic nitrogens is 2. The maximum absolute atomic E-state index is 13.3. The third kappa shape index (κ3) is 5.68. The van der Waals surface area contributed by atoms with Gasteiger partial charge >= 0.3 is 5.97 Å². The van der Waals surface area contributed by atoms with E-state index in [1.165, 1.54) is 34.6 Å². The third-order valence-electron chi connectivity index (χ3n) is 5.97. The molecule has 0 bridgehead atoms. The highest BCUT2D eigenvalue weighted by molar-refractivity contribution is 7.89. The van der Waals surface area contributed by atoms with Gasteiger partial charge in [-0.1, -0.05) is 11.6 Å². The van der Waals surface area contributed by atoms with Gasteiger partial charge in [0.2, 0.25) is 10.0 Å². The van der Waals surface area contributed by atoms with Gasteiger partial charge < -0.3 is 14.8 Å². The quantitative estimate of drug-likeness (QED) is 0.322. The molecule has 1 saturated heterocycles. The van der Waals surface area contributed by atoms with Crippen LogP contribution in [0.15, 0.2) is 53.4 Å². The Bertz CT molecular complexity index is 1660. The maximum atomic E-state index is 13.3. The highest BCUT2D eigenvalue weighted by atomic mass is 35.5. The molecule has 2 aromatic heterocycles. The summed E-state index contributed by atoms with van der Waals surface area (Å²) in [5, 5.41) is 7.81. The Morgan fingerprint density at radius 3 is 2.59 bits per heavy atom. The van der Waals surface area contributed by atoms with Crippen molar-refractivity contribution in [2.24, 2.45) is 0 Å². The van der Waals surface area contributed by atoms with Crippen LogP contribution in [0.5, 0.6) is 0 Å². The molecule has 0 aliphatic carbocycles. The van der Waals surface area contributed by atoms with Crippen molar-refractivity contribution in [2.75, 3.05) is 38.2 Å². The average molecular weight is 593 g/mol. The fourth-order valence-corrected chi connectivity index (χ4v) is 6.67. The number of amides is 1. The molecule has 204 valence electrons. The molecule has 0 saturated carbocycles. The molecule has 39 heavy (non-hydrogen) atoms. The molecule has 5 rings (SSSR count). The van der Waals surface area contributed by atoms with Gasteiger partial charge in [-0.05, 0) is 55.5 Å². The van der Waals surface area contributed by atoms with Crippen molar-refractivity contribution in [2.45, 2.75) is 11.8 Å². The number of benzene rings is 2. The van der Waals surface area contributed by atoms with Crippen molar-refractivity contribution in [3.05, 3.63) is 69.9 Å². The molecule has 1 aliphatic heterocycles. The fourth-order valence-electron chi connectivity index (χ4n) is 3.99. The summed E-state index contributed by atoms with van der Waals surface area (Å²) in [4.78, 5) is 26.1. The third-order valence-corrected chi connectivity index (χ3v) is 9.29. The van der Waals surface area contributed by atoms with E-state index in [4.69, 9.17) is 21.1 Å². The molecule has 1 amide bonds. The number of anilines is 1. The monoisotopic (exact) mass is 592 g/mol. The van der Waals surface area contributed by atoms with Crippen LogP contribution in [0.25, 0.3) is 15.9 Å². The molecular formula is C25H22ClFN4O6S2. The standard InChI is InChI=1S/C25H22ClFN4O6S2/c1-15-19-13-22(38-24(19)31(29-15)17-4-2-16(27)3-5-17)25(33)37-14-23(32)28-21-12-18(6-7-20(21)26)39(34,35)30-8-10-36-11-9-30/h2-7,12-13H,8-11,14H2,1H3,(H,28,32). The van der Waals surface area contributed by atoms with Gasteiger partial charge in [0.25, 0.3) is 5.91 Å². The number of morpholine rings is 1. The van der Waals surface area contributed by atoms with Gasteiger partial charge in [0.05, 0.1) is 40.2 Å². The molecule has 0 radical (unpaired) electrons. The van der Waals surface area contributed by atoms with Gasteiger partial charge in [0.15, 0.2) is 6.61 Å². The van der Waals surface area contributed by atoms with Crippen molar-refractivity contribution in [1.82, 2.24) is 14.1 Å². The minimum Gasteiger partial charge on any atom is -0.451 e. The largest absolute Gasteiger partial charge is 0.451 e. The van der Waals surface area contributed by atoms with Crippen LogP contribution in [0.2, 0.25) is 5.02 Å². The zero-order valence-electron chi connectivity index (χ0n) is 20.5. The second kappa shape index (κ2) is 11.0. The number of fused-ring (bicyclic) bond motifs is 1. The minimum atomic E-state index is -3.80. The van der Waals surface area contributed by atoms with Crippen LogP contribution >= 0.6 is 22.9 Å². The zero-order chi connectivity index (χ0) is 27.7. The van der Waals surface area contributed by atoms with Crippen molar-refractivity contribution in [3.8, 4) is 5.69 Å². The van der Waals surface area contributed by atoms with E-state index in [1.807, 2.05) is 0 Å². The molecule has 4 aromatic rings. The van der Waals surface area contributed by atoms with Gasteiger partial charge in [-0.2, -0.15) is 9.40 Å². The van der Waals surface area contributed by atoms with E-state index in [9.17, 15) is 22.4 Å². The summed E-state index contributed by atoms with van der Waals surface area (Å²) in [7, 11) is -3.80. The van der Waals surface area contributed by atoms with Gasteiger partial charge in [-0.25, -0.2) is 22.3 Å². The molecule has 1 aliphatic rings. The molecule has 0 unspecified atom stereocenters. The summed E-state index contributed by atoms with van der Waals surface area (Å²) in [5.41, 5.74) is 1.37. The number of hydrogen-bond acceptors (Lipinski definition) is 8. The molecule has 0 spiro atoms. The van der Waals surface area contributed by atoms with Gasteiger partial charge in [0.1, 0.15) is 15.5 Å². The number of aryl methyl sites for hydroxylation is 1. The van der Waals surface area contributed by atoms with Crippen molar-refractivity contribution in [1.29, 1.82) is 0 Å². The number of halogens is 2. The summed E-state index contributed by atoms with van der Waals surface area (Å²) in [5.74, 6) is -1.79. The molecule has 14 heteroatoms. The van der Waals surface area contributed by atoms with E-state index in [2.05, 4.69) is 10.4 Å². The van der Waals surface area contributed by atoms with Crippen LogP contribution in [0, 0.1) is 12.7 Å². The van der Waals surface area contributed by atoms with Crippen LogP contribution in [0.4, 0.5) is 10.1 Å². The number of ether oxygens (including phenoxy) is 2. The first kappa shape index (κ1) is 27.2. The molecule has 10 nitrogen and oxygen atoms in total. The van der Waals surface area contributed by atoms with Crippen molar-refractivity contribution < 1.29 is 31.9 Å². The number of carbonyl (C=O) groups excluding carboxylic acids is 2. The Kier molecular flexibility index (Phi) is 7.69. The first-order chi connectivity index (χ1) is 18.6. The Morgan fingerprint density at radius 1 is 1.15 bits per heavy atom. The maximum Gasteiger partial charge on any atom is 0.348 e. The fraction of sp³-hybridized carbons (Fsp3) is 0.240. The molecule has 0 atom stereocenters. The SMILES string of the molecule is Cc1nn(-c2ccc(F)cc2)c2sc(C(=O)OCC(=O)Nc3cc(S(=O)(=O)N4CCOCC4)ccc3Cl)cc12. The number of esters is 1. The molecule has 3 heterocycles. The number of sulfonamides is 1. The van der Waals surface area contributed by atoms with E-state index >= 15 is 0 Å². The Balaban J connectivity index is 1.26. The predicted molar refractivity (Wildman–Crippen MR) is 144 cm³/mol. The van der Waals surface area contributed by atoms with E-state index in [0.717, 1.165) is 16.7 Å². The van der Waals surface area contributed by atoms with Crippen LogP contribution in [-0.4, -0.2) is 67.3 Å². The number of rotatable bonds is 7. The van der Waals surface area contributed by atoms with E-state index < -0.39 is 28.5 Å². The number of hydrogen-bond donors (Lipinski definition) is 1. The number of carbonyl (C=O) groups is 2. The van der Waals surface area contributed by atoms with E-state index in [1.54, 1.807) is 29.8 Å². The van der Waals surface area contributed by atoms with Gasteiger partial charge in [-0.3, -0.25) is 4.79 Å². The Hall–Kier alpha value is -3.36. The Labute approximate surface area is 231 Å². The lowest BCUT2D eigenvalue weighted by Gasteiger charge is -2.26. The van der Waals surface area contributed by atoms with Gasteiger partial charge in [-0.15, -0.1) is 11.3 Å². The highest BCUT2D eigenvalue weighted by Crippen LogP contribution is 2.31. The summed E-state index contributed by atoms with van der Waals surface area (Å²) in [6.07, 6.45) is 0. The topological polar surface area (TPSA) is 120 Å². The predicted octanol–water partition coefficient (Wildman–Crippen LogP) is 4.00. The number of nitrogens with one attached hydrogen (secondary N) is 1. The number of nitrogens with zero attached hydrogens (tertiary/aromatic N) is 3. The first-order valence-electron chi connectivity index (χ1n) is 11.7. The molecular weight excluding hydrogens is 571 g/mol. The molecule has 1 N–H and O–H groups in total. The van der Waals surface area contributed by atoms with Crippen molar-refractivity contribution in [3.63, 3.8) is 0 Å². The average Bonchev–Trinajstić information content (AvgIpc) is 3.50. The lowest BCUT2D eigenvalue weighted by Crippen LogP contribution is -2.40. The van der Waals surface area contributed by atoms with Gasteiger partial charge in [0, 0.05) is 18.5 Å². The van der Waals surface area contributed by atoms with Crippen LogP contribution in [0.1, 0.15) is 15.4 Å². The van der Waals surface area contributed by atoms with E-state index in [0.29, 0.717) is 29.4 Å². The first-order valence-corrected chi connectivity index (χ1v) is 14.4. The number of thiophene rings is 1. The summed E-state index contributed by atoms with van der Waals surface area (Å²) in [6, 6.07) is 11.4. The second-order valence-electron chi connectivity index (χ2n) is 8.59. The summed E-state index contributed by atoms with van der Waals surface area (Å²) >= 11 is 7.31. The lowest BCUT2D eigenvalue weighted by atomic mass is 10.3. The highest BCUT2D eigenvalue weighted by Gasteiger charge is 2.27. The Morgan fingerprint density at radius 2 is 1.87 bits per heavy atom. The van der Waals surface area contributed by atoms with Crippen LogP contribution < -0.4 is 5.32 Å². The second-order valence-corrected chi connectivity index (χ2v) is 12.0. The minimum absolute atomic E-state index is 0.0306. The van der Waals surface area contributed by atoms with Crippen LogP contribution in [0.3, 0.4) is 0 Å². The zero-order valence-corrected chi connectivity index (χ0v) is 22.9. The summed E-state index contributed by atoms with van der Waals surface area (Å²) < 4.78 is 52.5. The summed E-state index contributed by atoms with van der Waals surface area (Å²) in [6.45, 7) is 2.21. The molecule has 1 fully saturated rings. The lowest BCUT2D eigenvalue weighted by molar-refractivity contribution is -0.119. The normalized spacial score (nSPS) is 14.4. The van der Waals surface area contributed by atoms with Crippen LogP contribution in [-0.2, 0) is 24.3 Å². The smallest absolute Gasteiger partial charge is 0.348 e.